The number of anilines is 1. The van der Waals surface area contributed by atoms with Gasteiger partial charge in [0.25, 0.3) is 0 Å². The zero-order valence-electron chi connectivity index (χ0n) is 12.8. The van der Waals surface area contributed by atoms with Crippen LogP contribution in [0, 0.1) is 11.3 Å². The van der Waals surface area contributed by atoms with Crippen molar-refractivity contribution in [1.82, 2.24) is 10.3 Å². The molecule has 1 amide bonds. The standard InChI is InChI=1S/C16H23N3O2/c1-10(20)19-13-5-4-11(8-17-13)9-18-14-12-6-7-21-15(12)16(14,2)3/h4-5,8,12,14-15,18H,6-7,9H2,1-3H3,(H,17,19,20)/t12-,14?,15-/m0/s1. The number of amides is 1. The minimum absolute atomic E-state index is 0.100. The molecule has 3 rings (SSSR count). The molecule has 0 radical (unpaired) electrons. The van der Waals surface area contributed by atoms with E-state index in [4.69, 9.17) is 4.74 Å². The van der Waals surface area contributed by atoms with E-state index in [1.165, 1.54) is 6.92 Å². The van der Waals surface area contributed by atoms with Crippen molar-refractivity contribution in [3.63, 3.8) is 0 Å². The Kier molecular flexibility index (Phi) is 3.71. The maximum absolute atomic E-state index is 11.0. The first-order chi connectivity index (χ1) is 9.98. The van der Waals surface area contributed by atoms with Crippen LogP contribution in [0.4, 0.5) is 5.82 Å². The van der Waals surface area contributed by atoms with Crippen LogP contribution in [0.15, 0.2) is 18.3 Å². The molecule has 1 unspecified atom stereocenters. The maximum atomic E-state index is 11.0. The van der Waals surface area contributed by atoms with Crippen LogP contribution in [0.1, 0.15) is 32.8 Å². The molecule has 1 saturated carbocycles. The van der Waals surface area contributed by atoms with E-state index in [9.17, 15) is 4.79 Å². The lowest BCUT2D eigenvalue weighted by Gasteiger charge is -2.55. The molecule has 2 fully saturated rings. The van der Waals surface area contributed by atoms with Crippen LogP contribution < -0.4 is 10.6 Å². The highest BCUT2D eigenvalue weighted by Gasteiger charge is 2.58. The first-order valence-electron chi connectivity index (χ1n) is 7.56. The zero-order valence-corrected chi connectivity index (χ0v) is 12.8. The van der Waals surface area contributed by atoms with Gasteiger partial charge in [-0.25, -0.2) is 4.98 Å². The summed E-state index contributed by atoms with van der Waals surface area (Å²) in [5.74, 6) is 1.14. The molecule has 1 aliphatic carbocycles. The fraction of sp³-hybridized carbons (Fsp3) is 0.625. The molecule has 3 atom stereocenters. The van der Waals surface area contributed by atoms with Crippen LogP contribution in [0.25, 0.3) is 0 Å². The Labute approximate surface area is 125 Å². The van der Waals surface area contributed by atoms with E-state index in [0.717, 1.165) is 25.1 Å². The Balaban J connectivity index is 1.57. The van der Waals surface area contributed by atoms with Gasteiger partial charge in [-0.1, -0.05) is 19.9 Å². The summed E-state index contributed by atoms with van der Waals surface area (Å²) >= 11 is 0. The first-order valence-corrected chi connectivity index (χ1v) is 7.56. The van der Waals surface area contributed by atoms with E-state index >= 15 is 0 Å². The number of nitrogens with one attached hydrogen (secondary N) is 2. The Morgan fingerprint density at radius 1 is 1.48 bits per heavy atom. The SMILES string of the molecule is CC(=O)Nc1ccc(CNC2[C@@H]3CCO[C@@H]3C2(C)C)cn1. The second-order valence-corrected chi connectivity index (χ2v) is 6.66. The molecule has 1 aromatic heterocycles. The predicted molar refractivity (Wildman–Crippen MR) is 80.8 cm³/mol. The summed E-state index contributed by atoms with van der Waals surface area (Å²) in [5.41, 5.74) is 1.33. The normalized spacial score (nSPS) is 29.6. The van der Waals surface area contributed by atoms with E-state index in [-0.39, 0.29) is 11.3 Å². The smallest absolute Gasteiger partial charge is 0.222 e. The van der Waals surface area contributed by atoms with Crippen molar-refractivity contribution < 1.29 is 9.53 Å². The van der Waals surface area contributed by atoms with Crippen molar-refractivity contribution in [2.75, 3.05) is 11.9 Å². The van der Waals surface area contributed by atoms with E-state index in [0.29, 0.717) is 23.9 Å². The van der Waals surface area contributed by atoms with Gasteiger partial charge in [0, 0.05) is 43.6 Å². The summed E-state index contributed by atoms with van der Waals surface area (Å²) in [5, 5.41) is 6.33. The number of rotatable bonds is 4. The number of nitrogens with zero attached hydrogens (tertiary/aromatic N) is 1. The lowest BCUT2D eigenvalue weighted by atomic mass is 9.57. The topological polar surface area (TPSA) is 63.2 Å². The third-order valence-corrected chi connectivity index (χ3v) is 4.76. The average molecular weight is 289 g/mol. The molecule has 1 aromatic rings. The molecule has 2 N–H and O–H groups in total. The number of pyridine rings is 1. The van der Waals surface area contributed by atoms with E-state index < -0.39 is 0 Å². The van der Waals surface area contributed by atoms with Crippen molar-refractivity contribution in [3.05, 3.63) is 23.9 Å². The highest BCUT2D eigenvalue weighted by molar-refractivity contribution is 5.87. The molecule has 114 valence electrons. The average Bonchev–Trinajstić information content (AvgIpc) is 2.87. The van der Waals surface area contributed by atoms with Gasteiger partial charge in [-0.3, -0.25) is 4.79 Å². The van der Waals surface area contributed by atoms with Gasteiger partial charge in [-0.05, 0) is 18.1 Å². The fourth-order valence-electron chi connectivity index (χ4n) is 3.75. The van der Waals surface area contributed by atoms with Gasteiger partial charge in [-0.2, -0.15) is 0 Å². The molecule has 0 bridgehead atoms. The predicted octanol–water partition coefficient (Wildman–Crippen LogP) is 1.94. The number of carbonyl (C=O) groups is 1. The molecule has 5 nitrogen and oxygen atoms in total. The van der Waals surface area contributed by atoms with Crippen LogP contribution in [0.5, 0.6) is 0 Å². The van der Waals surface area contributed by atoms with E-state index in [2.05, 4.69) is 29.5 Å². The van der Waals surface area contributed by atoms with Crippen LogP contribution in [-0.2, 0) is 16.1 Å². The highest BCUT2D eigenvalue weighted by atomic mass is 16.5. The van der Waals surface area contributed by atoms with Gasteiger partial charge in [0.15, 0.2) is 0 Å². The molecule has 1 aliphatic heterocycles. The Hall–Kier alpha value is -1.46. The van der Waals surface area contributed by atoms with Crippen molar-refractivity contribution >= 4 is 11.7 Å². The highest BCUT2D eigenvalue weighted by Crippen LogP contribution is 2.52. The third-order valence-electron chi connectivity index (χ3n) is 4.76. The molecule has 1 saturated heterocycles. The Morgan fingerprint density at radius 3 is 2.95 bits per heavy atom. The van der Waals surface area contributed by atoms with Crippen LogP contribution >= 0.6 is 0 Å². The molecule has 0 spiro atoms. The summed E-state index contributed by atoms with van der Waals surface area (Å²) in [7, 11) is 0. The van der Waals surface area contributed by atoms with Gasteiger partial charge >= 0.3 is 0 Å². The number of ether oxygens (including phenoxy) is 1. The van der Waals surface area contributed by atoms with Gasteiger partial charge in [0.05, 0.1) is 6.10 Å². The van der Waals surface area contributed by atoms with Crippen molar-refractivity contribution in [3.8, 4) is 0 Å². The number of carbonyl (C=O) groups excluding carboxylic acids is 1. The minimum atomic E-state index is -0.100. The lowest BCUT2D eigenvalue weighted by Crippen LogP contribution is -2.65. The quantitative estimate of drug-likeness (QED) is 0.889. The summed E-state index contributed by atoms with van der Waals surface area (Å²) in [6.45, 7) is 7.72. The van der Waals surface area contributed by atoms with Crippen LogP contribution in [-0.4, -0.2) is 29.6 Å². The zero-order chi connectivity index (χ0) is 15.0. The van der Waals surface area contributed by atoms with Gasteiger partial charge in [0.2, 0.25) is 5.91 Å². The monoisotopic (exact) mass is 289 g/mol. The molecule has 5 heteroatoms. The molecule has 0 aromatic carbocycles. The largest absolute Gasteiger partial charge is 0.377 e. The maximum Gasteiger partial charge on any atom is 0.222 e. The Morgan fingerprint density at radius 2 is 2.29 bits per heavy atom. The second-order valence-electron chi connectivity index (χ2n) is 6.66. The number of hydrogen-bond donors (Lipinski definition) is 2. The van der Waals surface area contributed by atoms with Gasteiger partial charge in [0.1, 0.15) is 5.82 Å². The van der Waals surface area contributed by atoms with Crippen molar-refractivity contribution in [2.45, 2.75) is 45.9 Å². The number of aromatic nitrogens is 1. The van der Waals surface area contributed by atoms with Crippen LogP contribution in [0.3, 0.4) is 0 Å². The summed E-state index contributed by atoms with van der Waals surface area (Å²) < 4.78 is 5.81. The Bertz CT molecular complexity index is 527. The molecule has 2 aliphatic rings. The number of hydrogen-bond acceptors (Lipinski definition) is 4. The summed E-state index contributed by atoms with van der Waals surface area (Å²) in [6.07, 6.45) is 3.38. The van der Waals surface area contributed by atoms with Gasteiger partial charge in [-0.15, -0.1) is 0 Å². The summed E-state index contributed by atoms with van der Waals surface area (Å²) in [4.78, 5) is 15.2. The first kappa shape index (κ1) is 14.5. The lowest BCUT2D eigenvalue weighted by molar-refractivity contribution is -0.114. The minimum Gasteiger partial charge on any atom is -0.377 e. The van der Waals surface area contributed by atoms with Gasteiger partial charge < -0.3 is 15.4 Å². The molecular formula is C16H23N3O2. The number of fused-ring (bicyclic) bond motifs is 1. The fourth-order valence-corrected chi connectivity index (χ4v) is 3.75. The van der Waals surface area contributed by atoms with E-state index in [1.807, 2.05) is 18.3 Å². The van der Waals surface area contributed by atoms with Crippen molar-refractivity contribution in [2.24, 2.45) is 11.3 Å². The van der Waals surface area contributed by atoms with E-state index in [1.54, 1.807) is 0 Å². The second kappa shape index (κ2) is 5.39. The molecular weight excluding hydrogens is 266 g/mol. The summed E-state index contributed by atoms with van der Waals surface area (Å²) in [6, 6.07) is 4.34. The van der Waals surface area contributed by atoms with Crippen molar-refractivity contribution in [1.29, 1.82) is 0 Å². The van der Waals surface area contributed by atoms with Crippen LogP contribution in [0.2, 0.25) is 0 Å². The molecule has 2 heterocycles. The third kappa shape index (κ3) is 2.68. The molecule has 21 heavy (non-hydrogen) atoms.